The molecule has 1 heterocycles. The molecule has 3 heteroatoms. The summed E-state index contributed by atoms with van der Waals surface area (Å²) in [5.74, 6) is 2.38. The maximum absolute atomic E-state index is 6.31. The molecule has 3 nitrogen and oxygen atoms in total. The number of ether oxygens (including phenoxy) is 2. The number of benzene rings is 1. The van der Waals surface area contributed by atoms with Crippen molar-refractivity contribution in [3.05, 3.63) is 35.9 Å². The summed E-state index contributed by atoms with van der Waals surface area (Å²) >= 11 is 0. The van der Waals surface area contributed by atoms with E-state index < -0.39 is 0 Å². The van der Waals surface area contributed by atoms with Gasteiger partial charge in [0.1, 0.15) is 17.6 Å². The highest BCUT2D eigenvalue weighted by Crippen LogP contribution is 2.39. The summed E-state index contributed by atoms with van der Waals surface area (Å²) in [6.07, 6.45) is 9.17. The van der Waals surface area contributed by atoms with Crippen LogP contribution in [0.25, 0.3) is 0 Å². The second-order valence-electron chi connectivity index (χ2n) is 5.45. The zero-order valence-corrected chi connectivity index (χ0v) is 11.3. The van der Waals surface area contributed by atoms with Crippen LogP contribution in [0.4, 0.5) is 0 Å². The van der Waals surface area contributed by atoms with Gasteiger partial charge in [0.25, 0.3) is 0 Å². The Morgan fingerprint density at radius 1 is 1.32 bits per heavy atom. The summed E-state index contributed by atoms with van der Waals surface area (Å²) in [7, 11) is 1.67. The van der Waals surface area contributed by atoms with Gasteiger partial charge in [-0.15, -0.1) is 0 Å². The summed E-state index contributed by atoms with van der Waals surface area (Å²) in [6.45, 7) is 0. The van der Waals surface area contributed by atoms with Crippen LogP contribution in [-0.2, 0) is 0 Å². The monoisotopic (exact) mass is 259 g/mol. The van der Waals surface area contributed by atoms with Gasteiger partial charge in [-0.2, -0.15) is 0 Å². The number of allylic oxidation sites excluding steroid dienone is 2. The molecule has 1 aliphatic carbocycles. The highest BCUT2D eigenvalue weighted by atomic mass is 16.5. The van der Waals surface area contributed by atoms with E-state index in [1.165, 1.54) is 6.42 Å². The first-order valence-electron chi connectivity index (χ1n) is 7.03. The molecule has 0 saturated heterocycles. The van der Waals surface area contributed by atoms with Gasteiger partial charge in [0, 0.05) is 18.0 Å². The van der Waals surface area contributed by atoms with Crippen molar-refractivity contribution in [3.8, 4) is 11.5 Å². The van der Waals surface area contributed by atoms with Crippen LogP contribution in [0.15, 0.2) is 30.4 Å². The maximum Gasteiger partial charge on any atom is 0.124 e. The van der Waals surface area contributed by atoms with Crippen LogP contribution >= 0.6 is 0 Å². The summed E-state index contributed by atoms with van der Waals surface area (Å²) in [4.78, 5) is 0. The van der Waals surface area contributed by atoms with E-state index in [2.05, 4.69) is 12.2 Å². The van der Waals surface area contributed by atoms with Crippen LogP contribution in [-0.4, -0.2) is 13.2 Å². The largest absolute Gasteiger partial charge is 0.497 e. The normalized spacial score (nSPS) is 29.5. The van der Waals surface area contributed by atoms with E-state index in [1.807, 2.05) is 18.2 Å². The van der Waals surface area contributed by atoms with Crippen molar-refractivity contribution in [3.63, 3.8) is 0 Å². The van der Waals surface area contributed by atoms with E-state index in [0.29, 0.717) is 5.92 Å². The third kappa shape index (κ3) is 2.47. The van der Waals surface area contributed by atoms with Crippen LogP contribution < -0.4 is 15.2 Å². The molecule has 2 N–H and O–H groups in total. The number of hydrogen-bond donors (Lipinski definition) is 1. The Morgan fingerprint density at radius 3 is 2.95 bits per heavy atom. The lowest BCUT2D eigenvalue weighted by atomic mass is 9.83. The molecule has 0 fully saturated rings. The highest BCUT2D eigenvalue weighted by Gasteiger charge is 2.31. The van der Waals surface area contributed by atoms with Crippen LogP contribution in [0.5, 0.6) is 11.5 Å². The lowest BCUT2D eigenvalue weighted by Gasteiger charge is -2.35. The fraction of sp³-hybridized carbons (Fsp3) is 0.500. The average molecular weight is 259 g/mol. The number of nitrogens with two attached hydrogens (primary N) is 1. The lowest BCUT2D eigenvalue weighted by molar-refractivity contribution is 0.0936. The topological polar surface area (TPSA) is 44.5 Å². The molecule has 0 aromatic heterocycles. The number of hydrogen-bond acceptors (Lipinski definition) is 3. The molecule has 1 aliphatic heterocycles. The lowest BCUT2D eigenvalue weighted by Crippen LogP contribution is -2.35. The Bertz CT molecular complexity index is 484. The zero-order chi connectivity index (χ0) is 13.2. The van der Waals surface area contributed by atoms with E-state index in [-0.39, 0.29) is 12.1 Å². The van der Waals surface area contributed by atoms with Crippen molar-refractivity contribution >= 4 is 0 Å². The average Bonchev–Trinajstić information content (AvgIpc) is 2.48. The molecule has 102 valence electrons. The van der Waals surface area contributed by atoms with Crippen LogP contribution in [0, 0.1) is 5.92 Å². The van der Waals surface area contributed by atoms with Crippen molar-refractivity contribution in [2.75, 3.05) is 7.11 Å². The molecule has 0 spiro atoms. The van der Waals surface area contributed by atoms with Gasteiger partial charge in [0.2, 0.25) is 0 Å². The van der Waals surface area contributed by atoms with Crippen molar-refractivity contribution in [2.24, 2.45) is 11.7 Å². The van der Waals surface area contributed by atoms with Crippen LogP contribution in [0.2, 0.25) is 0 Å². The Balaban J connectivity index is 1.81. The standard InChI is InChI=1S/C16H21NO2/c1-18-12-7-8-15-13(9-12)14(17)10-16(19-15)11-5-3-2-4-6-11/h2-3,7-9,11,14,16H,4-6,10,17H2,1H3. The number of rotatable bonds is 2. The minimum absolute atomic E-state index is 0.0507. The van der Waals surface area contributed by atoms with Gasteiger partial charge in [-0.05, 0) is 43.4 Å². The van der Waals surface area contributed by atoms with E-state index >= 15 is 0 Å². The molecule has 19 heavy (non-hydrogen) atoms. The smallest absolute Gasteiger partial charge is 0.124 e. The van der Waals surface area contributed by atoms with Crippen molar-refractivity contribution in [1.29, 1.82) is 0 Å². The van der Waals surface area contributed by atoms with Crippen molar-refractivity contribution in [2.45, 2.75) is 37.8 Å². The number of fused-ring (bicyclic) bond motifs is 1. The zero-order valence-electron chi connectivity index (χ0n) is 11.3. The molecule has 1 aromatic rings. The second kappa shape index (κ2) is 5.25. The SMILES string of the molecule is COc1ccc2c(c1)C(N)CC(C1CC=CCC1)O2. The molecule has 3 unspecified atom stereocenters. The molecule has 0 saturated carbocycles. The molecule has 0 amide bonds. The van der Waals surface area contributed by atoms with Gasteiger partial charge in [0.05, 0.1) is 7.11 Å². The van der Waals surface area contributed by atoms with E-state index in [1.54, 1.807) is 7.11 Å². The molecular weight excluding hydrogens is 238 g/mol. The third-order valence-corrected chi connectivity index (χ3v) is 4.22. The summed E-state index contributed by atoms with van der Waals surface area (Å²) < 4.78 is 11.4. The minimum Gasteiger partial charge on any atom is -0.497 e. The first kappa shape index (κ1) is 12.5. The molecular formula is C16H21NO2. The molecule has 0 bridgehead atoms. The first-order chi connectivity index (χ1) is 9.28. The van der Waals surface area contributed by atoms with Crippen LogP contribution in [0.1, 0.15) is 37.3 Å². The fourth-order valence-corrected chi connectivity index (χ4v) is 3.08. The number of methoxy groups -OCH3 is 1. The molecule has 3 rings (SSSR count). The Kier molecular flexibility index (Phi) is 3.47. The van der Waals surface area contributed by atoms with Gasteiger partial charge in [0.15, 0.2) is 0 Å². The van der Waals surface area contributed by atoms with Crippen LogP contribution in [0.3, 0.4) is 0 Å². The van der Waals surface area contributed by atoms with Crippen molar-refractivity contribution < 1.29 is 9.47 Å². The predicted molar refractivity (Wildman–Crippen MR) is 75.4 cm³/mol. The Morgan fingerprint density at radius 2 is 2.21 bits per heavy atom. The molecule has 0 radical (unpaired) electrons. The van der Waals surface area contributed by atoms with Gasteiger partial charge >= 0.3 is 0 Å². The maximum atomic E-state index is 6.31. The summed E-state index contributed by atoms with van der Waals surface area (Å²) in [6, 6.07) is 5.97. The summed E-state index contributed by atoms with van der Waals surface area (Å²) in [5.41, 5.74) is 7.38. The molecule has 2 aliphatic rings. The highest BCUT2D eigenvalue weighted by molar-refractivity contribution is 5.43. The molecule has 1 aromatic carbocycles. The molecule has 3 atom stereocenters. The van der Waals surface area contributed by atoms with E-state index in [0.717, 1.165) is 36.3 Å². The van der Waals surface area contributed by atoms with Gasteiger partial charge < -0.3 is 15.2 Å². The first-order valence-corrected chi connectivity index (χ1v) is 7.03. The van der Waals surface area contributed by atoms with Gasteiger partial charge in [-0.3, -0.25) is 0 Å². The van der Waals surface area contributed by atoms with Gasteiger partial charge in [-0.25, -0.2) is 0 Å². The minimum atomic E-state index is 0.0507. The fourth-order valence-electron chi connectivity index (χ4n) is 3.08. The Hall–Kier alpha value is -1.48. The van der Waals surface area contributed by atoms with E-state index in [9.17, 15) is 0 Å². The Labute approximate surface area is 114 Å². The third-order valence-electron chi connectivity index (χ3n) is 4.22. The van der Waals surface area contributed by atoms with E-state index in [4.69, 9.17) is 15.2 Å². The van der Waals surface area contributed by atoms with Gasteiger partial charge in [-0.1, -0.05) is 12.2 Å². The quantitative estimate of drug-likeness (QED) is 0.829. The summed E-state index contributed by atoms with van der Waals surface area (Å²) in [5, 5.41) is 0. The van der Waals surface area contributed by atoms with Crippen molar-refractivity contribution in [1.82, 2.24) is 0 Å². The predicted octanol–water partition coefficient (Wildman–Crippen LogP) is 3.20. The second-order valence-corrected chi connectivity index (χ2v) is 5.45.